The van der Waals surface area contributed by atoms with Gasteiger partial charge in [-0.3, -0.25) is 24.1 Å². The Bertz CT molecular complexity index is 1740. The second-order valence-corrected chi connectivity index (χ2v) is 12.3. The number of aromatic nitrogens is 2. The molecule has 52 heavy (non-hydrogen) atoms. The number of nitrogens with zero attached hydrogens (tertiary/aromatic N) is 3. The van der Waals surface area contributed by atoms with E-state index in [0.29, 0.717) is 55.1 Å². The summed E-state index contributed by atoms with van der Waals surface area (Å²) in [6.07, 6.45) is 6.26. The normalized spacial score (nSPS) is 12.2. The average Bonchev–Trinajstić information content (AvgIpc) is 3.38. The Hall–Kier alpha value is -5.79. The van der Waals surface area contributed by atoms with Crippen LogP contribution in [0, 0.1) is 0 Å². The van der Waals surface area contributed by atoms with E-state index in [9.17, 15) is 29.1 Å². The molecule has 1 aromatic heterocycles. The number of nitrogens with one attached hydrogen (secondary N) is 3. The number of phenols is 1. The third kappa shape index (κ3) is 11.1. The molecule has 14 heteroatoms. The molecule has 1 atom stereocenters. The molecular formula is C38H49N7O7. The first-order valence-electron chi connectivity index (χ1n) is 17.3. The van der Waals surface area contributed by atoms with Crippen molar-refractivity contribution in [3.63, 3.8) is 0 Å². The summed E-state index contributed by atoms with van der Waals surface area (Å²) in [5.74, 6) is -0.675. The number of fused-ring (bicyclic) bond motifs is 1. The number of anilines is 2. The summed E-state index contributed by atoms with van der Waals surface area (Å²) < 4.78 is 5.85. The molecule has 0 spiro atoms. The van der Waals surface area contributed by atoms with Crippen LogP contribution < -0.4 is 26.4 Å². The highest BCUT2D eigenvalue weighted by molar-refractivity contribution is 6.23. The number of benzene rings is 2. The molecule has 0 fully saturated rings. The van der Waals surface area contributed by atoms with Gasteiger partial charge in [0.05, 0.1) is 11.1 Å². The summed E-state index contributed by atoms with van der Waals surface area (Å²) in [6, 6.07) is 12.6. The van der Waals surface area contributed by atoms with E-state index in [0.717, 1.165) is 37.0 Å². The maximum atomic E-state index is 12.8. The van der Waals surface area contributed by atoms with Gasteiger partial charge in [0, 0.05) is 43.9 Å². The molecule has 14 nitrogen and oxygen atoms in total. The standard InChI is InChI=1S/C20H26N4O5.C18H23N3O2/c1-21-18(27)17(6-5-11-25)24-19(28)15-8-7-14(12-16(15)20(24)29)23-10-4-2-3-9-22-13-26;1-4-7-13(12(2)3)11-23-17-10-15(20-21-18(17)19)14-8-5-6-9-16(14)22/h7-8,11-13,17,23H,2-6,9-10H2,1H3,(H,21,27)(H,22,26);5-6,8-10,22H,4,7,11H2,1-3H3,(H2,19,21). The number of unbranched alkanes of at least 4 members (excludes halogenated alkanes) is 2. The zero-order valence-electron chi connectivity index (χ0n) is 30.2. The number of imide groups is 1. The van der Waals surface area contributed by atoms with E-state index in [2.05, 4.69) is 46.9 Å². The number of carbonyl (C=O) groups is 5. The van der Waals surface area contributed by atoms with Gasteiger partial charge in [-0.15, -0.1) is 10.2 Å². The Morgan fingerprint density at radius 3 is 2.38 bits per heavy atom. The zero-order valence-corrected chi connectivity index (χ0v) is 30.2. The molecule has 6 N–H and O–H groups in total. The number of nitrogen functional groups attached to an aromatic ring is 1. The predicted octanol–water partition coefficient (Wildman–Crippen LogP) is 4.65. The van der Waals surface area contributed by atoms with Crippen molar-refractivity contribution in [2.24, 2.45) is 0 Å². The van der Waals surface area contributed by atoms with Gasteiger partial charge < -0.3 is 36.3 Å². The van der Waals surface area contributed by atoms with Crippen molar-refractivity contribution in [2.45, 2.75) is 71.8 Å². The van der Waals surface area contributed by atoms with Gasteiger partial charge in [-0.05, 0) is 81.9 Å². The number of nitrogens with two attached hydrogens (primary N) is 1. The molecule has 0 aliphatic carbocycles. The van der Waals surface area contributed by atoms with E-state index in [4.69, 9.17) is 10.5 Å². The largest absolute Gasteiger partial charge is 0.507 e. The molecule has 0 bridgehead atoms. The van der Waals surface area contributed by atoms with Crippen molar-refractivity contribution in [2.75, 3.05) is 37.8 Å². The average molecular weight is 716 g/mol. The number of amides is 4. The van der Waals surface area contributed by atoms with E-state index < -0.39 is 23.8 Å². The van der Waals surface area contributed by atoms with Crippen molar-refractivity contribution < 1.29 is 33.8 Å². The number of phenolic OH excluding ortho intramolecular Hbond substituents is 1. The smallest absolute Gasteiger partial charge is 0.262 e. The van der Waals surface area contributed by atoms with E-state index in [-0.39, 0.29) is 35.5 Å². The zero-order chi connectivity index (χ0) is 38.0. The SMILES string of the molecule is CCCC(COc1cc(-c2ccccc2O)nnc1N)=C(C)C.CNC(=O)C(CCC=O)N1C(=O)c2ccc(NCCCCCNC=O)cc2C1=O. The van der Waals surface area contributed by atoms with Gasteiger partial charge in [-0.2, -0.15) is 0 Å². The summed E-state index contributed by atoms with van der Waals surface area (Å²) in [4.78, 5) is 59.6. The molecule has 278 valence electrons. The molecule has 1 unspecified atom stereocenters. The Morgan fingerprint density at radius 1 is 0.981 bits per heavy atom. The Morgan fingerprint density at radius 2 is 1.71 bits per heavy atom. The first-order valence-corrected chi connectivity index (χ1v) is 17.3. The van der Waals surface area contributed by atoms with E-state index in [1.807, 2.05) is 6.07 Å². The molecule has 0 radical (unpaired) electrons. The maximum Gasteiger partial charge on any atom is 0.262 e. The fraction of sp³-hybridized carbons (Fsp3) is 0.395. The number of aromatic hydroxyl groups is 1. The minimum absolute atomic E-state index is 0.0701. The summed E-state index contributed by atoms with van der Waals surface area (Å²) in [7, 11) is 1.42. The number of hydrogen-bond donors (Lipinski definition) is 5. The third-order valence-corrected chi connectivity index (χ3v) is 8.37. The van der Waals surface area contributed by atoms with Crippen LogP contribution >= 0.6 is 0 Å². The number of rotatable bonds is 19. The van der Waals surface area contributed by atoms with Gasteiger partial charge >= 0.3 is 0 Å². The number of hydrogen-bond acceptors (Lipinski definition) is 11. The lowest BCUT2D eigenvalue weighted by molar-refractivity contribution is -0.124. The van der Waals surface area contributed by atoms with Crippen LogP contribution in [0.5, 0.6) is 11.5 Å². The fourth-order valence-corrected chi connectivity index (χ4v) is 5.50. The van der Waals surface area contributed by atoms with Crippen molar-refractivity contribution in [3.05, 3.63) is 70.8 Å². The van der Waals surface area contributed by atoms with Crippen molar-refractivity contribution >= 4 is 41.9 Å². The molecule has 4 amide bonds. The quantitative estimate of drug-likeness (QED) is 0.0500. The fourth-order valence-electron chi connectivity index (χ4n) is 5.50. The number of para-hydroxylation sites is 1. The Kier molecular flexibility index (Phi) is 16.2. The predicted molar refractivity (Wildman–Crippen MR) is 199 cm³/mol. The molecule has 1 aliphatic rings. The van der Waals surface area contributed by atoms with Gasteiger partial charge in [0.1, 0.15) is 30.4 Å². The molecule has 0 saturated heterocycles. The van der Waals surface area contributed by atoms with Crippen LogP contribution in [-0.4, -0.2) is 83.4 Å². The highest BCUT2D eigenvalue weighted by atomic mass is 16.5. The highest BCUT2D eigenvalue weighted by Gasteiger charge is 2.42. The maximum absolute atomic E-state index is 12.8. The Balaban J connectivity index is 0.000000288. The van der Waals surface area contributed by atoms with Crippen molar-refractivity contribution in [1.29, 1.82) is 0 Å². The Labute approximate surface area is 304 Å². The van der Waals surface area contributed by atoms with Crippen molar-refractivity contribution in [1.82, 2.24) is 25.7 Å². The second kappa shape index (κ2) is 20.8. The van der Waals surface area contributed by atoms with Gasteiger partial charge in [-0.25, -0.2) is 0 Å². The number of likely N-dealkylation sites (N-methyl/N-ethyl adjacent to an activating group) is 1. The number of ether oxygens (including phenoxy) is 1. The summed E-state index contributed by atoms with van der Waals surface area (Å²) >= 11 is 0. The monoisotopic (exact) mass is 715 g/mol. The minimum atomic E-state index is -1.02. The first kappa shape index (κ1) is 40.6. The van der Waals surface area contributed by atoms with Crippen LogP contribution in [0.25, 0.3) is 11.3 Å². The summed E-state index contributed by atoms with van der Waals surface area (Å²) in [6.45, 7) is 8.11. The first-order chi connectivity index (χ1) is 25.1. The lowest BCUT2D eigenvalue weighted by Gasteiger charge is -2.24. The van der Waals surface area contributed by atoms with Gasteiger partial charge in [0.2, 0.25) is 12.3 Å². The number of carbonyl (C=O) groups excluding carboxylic acids is 5. The van der Waals surface area contributed by atoms with E-state index in [1.165, 1.54) is 18.2 Å². The second-order valence-electron chi connectivity index (χ2n) is 12.3. The van der Waals surface area contributed by atoms with Crippen LogP contribution in [0.2, 0.25) is 0 Å². The van der Waals surface area contributed by atoms with Crippen LogP contribution in [0.3, 0.4) is 0 Å². The summed E-state index contributed by atoms with van der Waals surface area (Å²) in [5, 5.41) is 26.2. The minimum Gasteiger partial charge on any atom is -0.507 e. The van der Waals surface area contributed by atoms with Crippen LogP contribution in [0.1, 0.15) is 86.4 Å². The molecule has 0 saturated carbocycles. The third-order valence-electron chi connectivity index (χ3n) is 8.37. The molecular weight excluding hydrogens is 666 g/mol. The number of allylic oxidation sites excluding steroid dienone is 1. The van der Waals surface area contributed by atoms with Crippen LogP contribution in [0.15, 0.2) is 59.7 Å². The highest BCUT2D eigenvalue weighted by Crippen LogP contribution is 2.31. The van der Waals surface area contributed by atoms with Crippen LogP contribution in [-0.2, 0) is 14.4 Å². The van der Waals surface area contributed by atoms with Gasteiger partial charge in [0.15, 0.2) is 11.6 Å². The van der Waals surface area contributed by atoms with Crippen molar-refractivity contribution in [3.8, 4) is 22.8 Å². The van der Waals surface area contributed by atoms with Gasteiger partial charge in [-0.1, -0.05) is 31.1 Å². The molecule has 3 aromatic rings. The summed E-state index contributed by atoms with van der Waals surface area (Å²) in [5.41, 5.74) is 10.7. The molecule has 2 aromatic carbocycles. The lowest BCUT2D eigenvalue weighted by Crippen LogP contribution is -2.48. The molecule has 4 rings (SSSR count). The lowest BCUT2D eigenvalue weighted by atomic mass is 10.1. The molecule has 2 heterocycles. The van der Waals surface area contributed by atoms with Crippen LogP contribution in [0.4, 0.5) is 11.5 Å². The topological polar surface area (TPSA) is 206 Å². The number of aldehydes is 1. The molecule has 1 aliphatic heterocycles. The van der Waals surface area contributed by atoms with Gasteiger partial charge in [0.25, 0.3) is 11.8 Å². The van der Waals surface area contributed by atoms with E-state index >= 15 is 0 Å². The van der Waals surface area contributed by atoms with E-state index in [1.54, 1.807) is 42.5 Å².